The van der Waals surface area contributed by atoms with E-state index in [1.165, 1.54) is 11.1 Å². The predicted octanol–water partition coefficient (Wildman–Crippen LogP) is 3.64. The topological polar surface area (TPSA) is 67.8 Å². The first-order valence-electron chi connectivity index (χ1n) is 9.32. The largest absolute Gasteiger partial charge is 0.299 e. The molecule has 3 aromatic carbocycles. The Balaban J connectivity index is 1.47. The van der Waals surface area contributed by atoms with Crippen LogP contribution in [0.5, 0.6) is 0 Å². The summed E-state index contributed by atoms with van der Waals surface area (Å²) in [6.07, 6.45) is 2.06. The number of nitrogens with one attached hydrogen (secondary N) is 2. The molecule has 0 bridgehead atoms. The van der Waals surface area contributed by atoms with Gasteiger partial charge in [-0.3, -0.25) is 20.4 Å². The molecule has 3 N–H and O–H groups in total. The van der Waals surface area contributed by atoms with Crippen molar-refractivity contribution in [2.45, 2.75) is 6.54 Å². The zero-order valence-corrected chi connectivity index (χ0v) is 16.0. The Morgan fingerprint density at radius 3 is 2.17 bits per heavy atom. The molecule has 29 heavy (non-hydrogen) atoms. The smallest absolute Gasteiger partial charge is 0.274 e. The van der Waals surface area contributed by atoms with Crippen LogP contribution in [0, 0.1) is 0 Å². The monoisotopic (exact) mass is 386 g/mol. The lowest BCUT2D eigenvalue weighted by Gasteiger charge is -2.24. The summed E-state index contributed by atoms with van der Waals surface area (Å²) in [7, 11) is 1.95. The van der Waals surface area contributed by atoms with Crippen LogP contribution < -0.4 is 10.9 Å². The summed E-state index contributed by atoms with van der Waals surface area (Å²) in [6, 6.07) is 25.9. The number of hydrogen-bond acceptors (Lipinski definition) is 5. The van der Waals surface area contributed by atoms with Crippen molar-refractivity contribution in [2.24, 2.45) is 0 Å². The summed E-state index contributed by atoms with van der Waals surface area (Å²) in [6.45, 7) is 0.649. The van der Waals surface area contributed by atoms with Crippen molar-refractivity contribution in [1.82, 2.24) is 21.0 Å². The molecule has 0 unspecified atom stereocenters. The molecule has 0 spiro atoms. The number of amides is 1. The maximum absolute atomic E-state index is 11.4. The minimum Gasteiger partial charge on any atom is -0.299 e. The van der Waals surface area contributed by atoms with Crippen LogP contribution in [0.25, 0.3) is 16.8 Å². The molecular weight excluding hydrogens is 364 g/mol. The molecule has 1 aliphatic heterocycles. The zero-order valence-electron chi connectivity index (χ0n) is 16.0. The van der Waals surface area contributed by atoms with Crippen molar-refractivity contribution < 1.29 is 10.0 Å². The molecule has 4 rings (SSSR count). The van der Waals surface area contributed by atoms with Gasteiger partial charge in [-0.2, -0.15) is 0 Å². The second kappa shape index (κ2) is 8.18. The molecule has 6 heteroatoms. The minimum absolute atomic E-state index is 0.416. The van der Waals surface area contributed by atoms with Gasteiger partial charge in [0.15, 0.2) is 0 Å². The predicted molar refractivity (Wildman–Crippen MR) is 112 cm³/mol. The summed E-state index contributed by atoms with van der Waals surface area (Å²) >= 11 is 0. The third kappa shape index (κ3) is 4.13. The van der Waals surface area contributed by atoms with E-state index in [2.05, 4.69) is 53.0 Å². The Hall–Kier alpha value is -3.61. The minimum atomic E-state index is -0.516. The van der Waals surface area contributed by atoms with Crippen LogP contribution >= 0.6 is 0 Å². The summed E-state index contributed by atoms with van der Waals surface area (Å²) in [4.78, 5) is 11.4. The molecule has 6 nitrogen and oxygen atoms in total. The van der Waals surface area contributed by atoms with Crippen LogP contribution in [0.2, 0.25) is 0 Å². The summed E-state index contributed by atoms with van der Waals surface area (Å²) in [5.41, 5.74) is 11.0. The number of hydrogen-bond donors (Lipinski definition) is 3. The van der Waals surface area contributed by atoms with Gasteiger partial charge >= 0.3 is 0 Å². The van der Waals surface area contributed by atoms with Crippen LogP contribution in [-0.2, 0) is 6.54 Å². The number of hydroxylamine groups is 1. The van der Waals surface area contributed by atoms with Gasteiger partial charge < -0.3 is 0 Å². The Morgan fingerprint density at radius 2 is 1.52 bits per heavy atom. The summed E-state index contributed by atoms with van der Waals surface area (Å²) in [5.74, 6) is -0.516. The standard InChI is InChI=1S/C23H22N4O2/c1-26-24-22(20-13-11-19(12-14-20)18-5-3-2-4-6-18)16-27(26)15-17-7-9-21(10-8-17)23(28)25-29/h2-14,16,24,29H,15H2,1H3,(H,25,28). The fourth-order valence-corrected chi connectivity index (χ4v) is 3.28. The van der Waals surface area contributed by atoms with Crippen molar-refractivity contribution in [1.29, 1.82) is 0 Å². The lowest BCUT2D eigenvalue weighted by Crippen LogP contribution is -2.38. The van der Waals surface area contributed by atoms with E-state index < -0.39 is 5.91 Å². The van der Waals surface area contributed by atoms with Gasteiger partial charge in [0.05, 0.1) is 12.2 Å². The van der Waals surface area contributed by atoms with E-state index in [0.717, 1.165) is 16.8 Å². The number of carbonyl (C=O) groups excluding carboxylic acids is 1. The van der Waals surface area contributed by atoms with Gasteiger partial charge in [0.1, 0.15) is 0 Å². The first kappa shape index (κ1) is 18.7. The maximum Gasteiger partial charge on any atom is 0.274 e. The molecule has 0 aromatic heterocycles. The average Bonchev–Trinajstić information content (AvgIpc) is 3.14. The summed E-state index contributed by atoms with van der Waals surface area (Å²) in [5, 5.41) is 12.7. The van der Waals surface area contributed by atoms with E-state index in [1.807, 2.05) is 42.5 Å². The molecule has 3 aromatic rings. The molecule has 0 atom stereocenters. The second-order valence-electron chi connectivity index (χ2n) is 6.86. The van der Waals surface area contributed by atoms with Crippen LogP contribution in [0.1, 0.15) is 21.5 Å². The fraction of sp³-hybridized carbons (Fsp3) is 0.0870. The lowest BCUT2D eigenvalue weighted by atomic mass is 10.0. The van der Waals surface area contributed by atoms with Crippen molar-refractivity contribution in [3.05, 3.63) is 102 Å². The van der Waals surface area contributed by atoms with E-state index in [1.54, 1.807) is 17.6 Å². The van der Waals surface area contributed by atoms with Gasteiger partial charge in [-0.05, 0) is 28.8 Å². The van der Waals surface area contributed by atoms with Crippen molar-refractivity contribution in [2.75, 3.05) is 7.05 Å². The van der Waals surface area contributed by atoms with E-state index >= 15 is 0 Å². The van der Waals surface area contributed by atoms with Gasteiger partial charge in [-0.15, -0.1) is 5.12 Å². The Bertz CT molecular complexity index is 1020. The number of hydrazine groups is 2. The Labute approximate surface area is 169 Å². The zero-order chi connectivity index (χ0) is 20.2. The van der Waals surface area contributed by atoms with Gasteiger partial charge in [0, 0.05) is 24.4 Å². The SMILES string of the molecule is CN1NC(c2ccc(-c3ccccc3)cc2)=CN1Cc1ccc(C(=O)NO)cc1. The first-order chi connectivity index (χ1) is 14.1. The average molecular weight is 386 g/mol. The molecule has 0 fully saturated rings. The van der Waals surface area contributed by atoms with Crippen molar-refractivity contribution in [3.8, 4) is 11.1 Å². The maximum atomic E-state index is 11.4. The highest BCUT2D eigenvalue weighted by molar-refractivity contribution is 5.93. The highest BCUT2D eigenvalue weighted by Crippen LogP contribution is 2.24. The fourth-order valence-electron chi connectivity index (χ4n) is 3.28. The normalized spacial score (nSPS) is 13.7. The third-order valence-electron chi connectivity index (χ3n) is 4.91. The Morgan fingerprint density at radius 1 is 0.897 bits per heavy atom. The molecule has 0 radical (unpaired) electrons. The number of nitrogens with zero attached hydrogens (tertiary/aromatic N) is 2. The Kier molecular flexibility index (Phi) is 5.29. The highest BCUT2D eigenvalue weighted by Gasteiger charge is 2.19. The van der Waals surface area contributed by atoms with E-state index in [-0.39, 0.29) is 0 Å². The van der Waals surface area contributed by atoms with Crippen molar-refractivity contribution in [3.63, 3.8) is 0 Å². The van der Waals surface area contributed by atoms with E-state index in [0.29, 0.717) is 12.1 Å². The van der Waals surface area contributed by atoms with Crippen LogP contribution in [-0.4, -0.2) is 28.3 Å². The molecule has 1 heterocycles. The third-order valence-corrected chi connectivity index (χ3v) is 4.91. The number of benzene rings is 3. The number of carbonyl (C=O) groups is 1. The molecule has 0 saturated carbocycles. The molecule has 146 valence electrons. The molecule has 1 aliphatic rings. The summed E-state index contributed by atoms with van der Waals surface area (Å²) < 4.78 is 0. The van der Waals surface area contributed by atoms with Gasteiger partial charge in [-0.25, -0.2) is 5.48 Å². The quantitative estimate of drug-likeness (QED) is 0.461. The lowest BCUT2D eigenvalue weighted by molar-refractivity contribution is 0.0318. The van der Waals surface area contributed by atoms with Gasteiger partial charge in [0.2, 0.25) is 0 Å². The van der Waals surface area contributed by atoms with Gasteiger partial charge in [0.25, 0.3) is 5.91 Å². The van der Waals surface area contributed by atoms with E-state index in [9.17, 15) is 4.79 Å². The molecule has 0 aliphatic carbocycles. The van der Waals surface area contributed by atoms with Gasteiger partial charge in [-0.1, -0.05) is 66.7 Å². The number of rotatable bonds is 5. The second-order valence-corrected chi connectivity index (χ2v) is 6.86. The van der Waals surface area contributed by atoms with Crippen LogP contribution in [0.15, 0.2) is 85.1 Å². The van der Waals surface area contributed by atoms with Crippen LogP contribution in [0.3, 0.4) is 0 Å². The first-order valence-corrected chi connectivity index (χ1v) is 9.32. The molecule has 0 saturated heterocycles. The van der Waals surface area contributed by atoms with Crippen LogP contribution in [0.4, 0.5) is 0 Å². The van der Waals surface area contributed by atoms with Crippen molar-refractivity contribution >= 4 is 11.6 Å². The molecular formula is C23H22N4O2. The highest BCUT2D eigenvalue weighted by atomic mass is 16.5. The van der Waals surface area contributed by atoms with E-state index in [4.69, 9.17) is 5.21 Å². The molecule has 1 amide bonds.